The van der Waals surface area contributed by atoms with Crippen molar-refractivity contribution in [3.05, 3.63) is 62.5 Å². The first-order valence-corrected chi connectivity index (χ1v) is 8.13. The van der Waals surface area contributed by atoms with Crippen molar-refractivity contribution < 1.29 is 14.3 Å². The molecule has 2 aromatic carbocycles. The minimum absolute atomic E-state index is 0.269. The van der Waals surface area contributed by atoms with Gasteiger partial charge in [-0.05, 0) is 59.3 Å². The van der Waals surface area contributed by atoms with Gasteiger partial charge in [0.1, 0.15) is 0 Å². The zero-order valence-corrected chi connectivity index (χ0v) is 14.9. The maximum absolute atomic E-state index is 12.3. The highest BCUT2D eigenvalue weighted by Gasteiger charge is 2.12. The fraction of sp³-hybridized carbons (Fsp3) is 0.125. The molecule has 1 amide bonds. The van der Waals surface area contributed by atoms with Gasteiger partial charge in [-0.25, -0.2) is 4.79 Å². The number of hydrogen-bond donors (Lipinski definition) is 1. The van der Waals surface area contributed by atoms with Gasteiger partial charge in [0.15, 0.2) is 0 Å². The van der Waals surface area contributed by atoms with Gasteiger partial charge in [-0.3, -0.25) is 4.79 Å². The first-order chi connectivity index (χ1) is 10.5. The molecule has 0 saturated carbocycles. The van der Waals surface area contributed by atoms with Crippen molar-refractivity contribution in [1.82, 2.24) is 0 Å². The van der Waals surface area contributed by atoms with Crippen LogP contribution in [0.4, 0.5) is 5.69 Å². The van der Waals surface area contributed by atoms with Crippen LogP contribution in [-0.2, 0) is 4.74 Å². The number of carbonyl (C=O) groups is 2. The topological polar surface area (TPSA) is 55.4 Å². The van der Waals surface area contributed by atoms with Crippen molar-refractivity contribution in [2.45, 2.75) is 6.92 Å². The predicted molar refractivity (Wildman–Crippen MR) is 92.2 cm³/mol. The summed E-state index contributed by atoms with van der Waals surface area (Å²) >= 11 is 6.68. The van der Waals surface area contributed by atoms with Crippen molar-refractivity contribution >= 4 is 49.4 Å². The van der Waals surface area contributed by atoms with Gasteiger partial charge in [0.2, 0.25) is 0 Å². The minimum atomic E-state index is -0.415. The van der Waals surface area contributed by atoms with Gasteiger partial charge in [-0.15, -0.1) is 0 Å². The molecule has 0 spiro atoms. The van der Waals surface area contributed by atoms with Gasteiger partial charge in [0.25, 0.3) is 5.91 Å². The van der Waals surface area contributed by atoms with Crippen molar-refractivity contribution in [1.29, 1.82) is 0 Å². The zero-order valence-electron chi connectivity index (χ0n) is 11.7. The molecule has 4 nitrogen and oxygen atoms in total. The Bertz CT molecular complexity index is 716. The molecule has 0 heterocycles. The van der Waals surface area contributed by atoms with E-state index in [0.29, 0.717) is 27.9 Å². The van der Waals surface area contributed by atoms with Crippen LogP contribution in [0.25, 0.3) is 0 Å². The lowest BCUT2D eigenvalue weighted by atomic mass is 10.1. The number of hydrogen-bond acceptors (Lipinski definition) is 3. The van der Waals surface area contributed by atoms with E-state index in [2.05, 4.69) is 37.2 Å². The van der Waals surface area contributed by atoms with Crippen LogP contribution < -0.4 is 5.32 Å². The molecule has 0 bridgehead atoms. The summed E-state index contributed by atoms with van der Waals surface area (Å²) in [7, 11) is 0. The molecular formula is C16H13Br2NO3. The maximum Gasteiger partial charge on any atom is 0.338 e. The second-order valence-corrected chi connectivity index (χ2v) is 6.15. The second kappa shape index (κ2) is 7.56. The monoisotopic (exact) mass is 425 g/mol. The van der Waals surface area contributed by atoms with Crippen LogP contribution >= 0.6 is 31.9 Å². The molecule has 0 atom stereocenters. The number of halogens is 2. The van der Waals surface area contributed by atoms with E-state index in [4.69, 9.17) is 4.74 Å². The van der Waals surface area contributed by atoms with Crippen LogP contribution in [0, 0.1) is 0 Å². The second-order valence-electron chi connectivity index (χ2n) is 4.38. The van der Waals surface area contributed by atoms with E-state index in [9.17, 15) is 9.59 Å². The molecule has 0 aromatic heterocycles. The van der Waals surface area contributed by atoms with Gasteiger partial charge in [-0.1, -0.05) is 22.0 Å². The molecule has 0 unspecified atom stereocenters. The Labute approximate surface area is 145 Å². The lowest BCUT2D eigenvalue weighted by Crippen LogP contribution is -2.13. The molecule has 114 valence electrons. The van der Waals surface area contributed by atoms with Crippen LogP contribution in [0.2, 0.25) is 0 Å². The molecular weight excluding hydrogens is 414 g/mol. The summed E-state index contributed by atoms with van der Waals surface area (Å²) < 4.78 is 6.44. The van der Waals surface area contributed by atoms with Gasteiger partial charge in [0, 0.05) is 14.6 Å². The van der Waals surface area contributed by atoms with Crippen LogP contribution in [-0.4, -0.2) is 18.5 Å². The summed E-state index contributed by atoms with van der Waals surface area (Å²) in [6, 6.07) is 12.0. The van der Waals surface area contributed by atoms with Crippen molar-refractivity contribution in [2.75, 3.05) is 11.9 Å². The summed E-state index contributed by atoms with van der Waals surface area (Å²) in [5.41, 5.74) is 1.42. The Balaban J connectivity index is 2.20. The van der Waals surface area contributed by atoms with Crippen molar-refractivity contribution in [2.24, 2.45) is 0 Å². The fourth-order valence-electron chi connectivity index (χ4n) is 1.81. The van der Waals surface area contributed by atoms with E-state index in [1.54, 1.807) is 43.3 Å². The van der Waals surface area contributed by atoms with E-state index in [1.165, 1.54) is 0 Å². The molecule has 2 aromatic rings. The van der Waals surface area contributed by atoms with Crippen LogP contribution in [0.15, 0.2) is 51.4 Å². The highest BCUT2D eigenvalue weighted by molar-refractivity contribution is 9.11. The fourth-order valence-corrected chi connectivity index (χ4v) is 2.60. The lowest BCUT2D eigenvalue weighted by molar-refractivity contribution is 0.0526. The zero-order chi connectivity index (χ0) is 16.1. The Morgan fingerprint density at radius 2 is 1.91 bits per heavy atom. The smallest absolute Gasteiger partial charge is 0.338 e. The van der Waals surface area contributed by atoms with Crippen molar-refractivity contribution in [3.63, 3.8) is 0 Å². The van der Waals surface area contributed by atoms with E-state index >= 15 is 0 Å². The Morgan fingerprint density at radius 3 is 2.64 bits per heavy atom. The van der Waals surface area contributed by atoms with E-state index in [1.807, 2.05) is 6.07 Å². The number of nitrogens with one attached hydrogen (secondary N) is 1. The highest BCUT2D eigenvalue weighted by atomic mass is 79.9. The Kier molecular flexibility index (Phi) is 5.74. The normalized spacial score (nSPS) is 10.1. The van der Waals surface area contributed by atoms with Crippen molar-refractivity contribution in [3.8, 4) is 0 Å². The molecule has 2 rings (SSSR count). The van der Waals surface area contributed by atoms with Gasteiger partial charge < -0.3 is 10.1 Å². The highest BCUT2D eigenvalue weighted by Crippen LogP contribution is 2.23. The molecule has 6 heteroatoms. The minimum Gasteiger partial charge on any atom is -0.462 e. The number of amides is 1. The molecule has 0 aliphatic rings. The molecule has 0 aliphatic heterocycles. The van der Waals surface area contributed by atoms with E-state index < -0.39 is 5.97 Å². The summed E-state index contributed by atoms with van der Waals surface area (Å²) in [6.45, 7) is 2.05. The molecule has 0 aliphatic carbocycles. The number of anilines is 1. The number of esters is 1. The molecule has 22 heavy (non-hydrogen) atoms. The van der Waals surface area contributed by atoms with Crippen LogP contribution in [0.1, 0.15) is 27.6 Å². The molecule has 0 fully saturated rings. The van der Waals surface area contributed by atoms with Gasteiger partial charge in [0.05, 0.1) is 17.7 Å². The summed E-state index contributed by atoms with van der Waals surface area (Å²) in [6.07, 6.45) is 0. The summed E-state index contributed by atoms with van der Waals surface area (Å²) in [4.78, 5) is 24.0. The number of carbonyl (C=O) groups excluding carboxylic acids is 2. The number of benzene rings is 2. The largest absolute Gasteiger partial charge is 0.462 e. The average Bonchev–Trinajstić information content (AvgIpc) is 2.50. The lowest BCUT2D eigenvalue weighted by Gasteiger charge is -2.09. The third-order valence-electron chi connectivity index (χ3n) is 2.80. The quantitative estimate of drug-likeness (QED) is 0.724. The van der Waals surface area contributed by atoms with Gasteiger partial charge in [-0.2, -0.15) is 0 Å². The van der Waals surface area contributed by atoms with Crippen LogP contribution in [0.5, 0.6) is 0 Å². The first kappa shape index (κ1) is 16.7. The first-order valence-electron chi connectivity index (χ1n) is 6.55. The molecule has 1 N–H and O–H groups in total. The van der Waals surface area contributed by atoms with E-state index in [-0.39, 0.29) is 5.91 Å². The molecule has 0 radical (unpaired) electrons. The standard InChI is InChI=1S/C16H13Br2NO3/c1-2-22-16(21)10-4-3-5-12(8-10)19-15(20)13-9-11(17)6-7-14(13)18/h3-9H,2H2,1H3,(H,19,20). The summed E-state index contributed by atoms with van der Waals surface area (Å²) in [5.74, 6) is -0.684. The van der Waals surface area contributed by atoms with Crippen LogP contribution in [0.3, 0.4) is 0 Å². The molecule has 0 saturated heterocycles. The number of ether oxygens (including phenoxy) is 1. The SMILES string of the molecule is CCOC(=O)c1cccc(NC(=O)c2cc(Br)ccc2Br)c1. The number of rotatable bonds is 4. The summed E-state index contributed by atoms with van der Waals surface area (Å²) in [5, 5.41) is 2.77. The third-order valence-corrected chi connectivity index (χ3v) is 3.99. The van der Waals surface area contributed by atoms with Gasteiger partial charge >= 0.3 is 5.97 Å². The predicted octanol–water partition coefficient (Wildman–Crippen LogP) is 4.64. The average molecular weight is 427 g/mol. The third kappa shape index (κ3) is 4.18. The maximum atomic E-state index is 12.3. The Hall–Kier alpha value is -1.66. The Morgan fingerprint density at radius 1 is 1.14 bits per heavy atom. The van der Waals surface area contributed by atoms with E-state index in [0.717, 1.165) is 4.47 Å².